The molecule has 38 valence electrons. The monoisotopic (exact) mass is 95.1 g/mol. The van der Waals surface area contributed by atoms with Crippen LogP contribution in [0.5, 0.6) is 0 Å². The van der Waals surface area contributed by atoms with Gasteiger partial charge in [0.25, 0.3) is 0 Å². The Morgan fingerprint density at radius 3 is 1.43 bits per heavy atom. The SMILES string of the molecule is C1C2C3CN1CC23. The van der Waals surface area contributed by atoms with Crippen LogP contribution in [-0.2, 0) is 0 Å². The van der Waals surface area contributed by atoms with Crippen molar-refractivity contribution in [2.24, 2.45) is 17.8 Å². The minimum Gasteiger partial charge on any atom is -0.302 e. The van der Waals surface area contributed by atoms with Crippen LogP contribution >= 0.6 is 0 Å². The van der Waals surface area contributed by atoms with Gasteiger partial charge < -0.3 is 4.90 Å². The molecule has 4 rings (SSSR count). The maximum absolute atomic E-state index is 2.60. The van der Waals surface area contributed by atoms with E-state index in [2.05, 4.69) is 4.90 Å². The first kappa shape index (κ1) is 3.08. The highest BCUT2D eigenvalue weighted by Crippen LogP contribution is 2.58. The molecule has 4 bridgehead atoms. The van der Waals surface area contributed by atoms with Crippen LogP contribution in [0.3, 0.4) is 0 Å². The summed E-state index contributed by atoms with van der Waals surface area (Å²) >= 11 is 0. The summed E-state index contributed by atoms with van der Waals surface area (Å²) in [5.74, 6) is 3.54. The summed E-state index contributed by atoms with van der Waals surface area (Å²) in [4.78, 5) is 2.60. The van der Waals surface area contributed by atoms with E-state index in [0.717, 1.165) is 0 Å². The fraction of sp³-hybridized carbons (Fsp3) is 1.00. The predicted molar refractivity (Wildman–Crippen MR) is 26.9 cm³/mol. The molecule has 3 heterocycles. The molecular weight excluding hydrogens is 86.1 g/mol. The molecule has 0 spiro atoms. The van der Waals surface area contributed by atoms with Crippen LogP contribution in [0, 0.1) is 17.8 Å². The van der Waals surface area contributed by atoms with Gasteiger partial charge in [-0.3, -0.25) is 0 Å². The van der Waals surface area contributed by atoms with E-state index < -0.39 is 0 Å². The van der Waals surface area contributed by atoms with Crippen molar-refractivity contribution >= 4 is 0 Å². The van der Waals surface area contributed by atoms with Crippen molar-refractivity contribution in [3.8, 4) is 0 Å². The second-order valence-electron chi connectivity index (χ2n) is 3.21. The normalized spacial score (nSPS) is 72.0. The zero-order valence-corrected chi connectivity index (χ0v) is 4.30. The Balaban J connectivity index is 2.17. The molecule has 1 saturated carbocycles. The lowest BCUT2D eigenvalue weighted by Crippen LogP contribution is -2.11. The van der Waals surface area contributed by atoms with Crippen molar-refractivity contribution in [2.45, 2.75) is 0 Å². The van der Waals surface area contributed by atoms with Gasteiger partial charge in [-0.2, -0.15) is 0 Å². The third kappa shape index (κ3) is 0.194. The first-order chi connectivity index (χ1) is 3.45. The second kappa shape index (κ2) is 0.655. The molecule has 0 aromatic rings. The molecule has 0 amide bonds. The summed E-state index contributed by atoms with van der Waals surface area (Å²) < 4.78 is 0. The zero-order chi connectivity index (χ0) is 4.43. The van der Waals surface area contributed by atoms with Gasteiger partial charge in [0.05, 0.1) is 0 Å². The van der Waals surface area contributed by atoms with Crippen LogP contribution in [0.4, 0.5) is 0 Å². The van der Waals surface area contributed by atoms with Crippen LogP contribution in [0.15, 0.2) is 0 Å². The summed E-state index contributed by atoms with van der Waals surface area (Å²) in [7, 11) is 0. The van der Waals surface area contributed by atoms with E-state index in [4.69, 9.17) is 0 Å². The fourth-order valence-electron chi connectivity index (χ4n) is 2.45. The summed E-state index contributed by atoms with van der Waals surface area (Å²) in [5, 5.41) is 0. The molecule has 0 aromatic heterocycles. The number of nitrogens with zero attached hydrogens (tertiary/aromatic N) is 1. The lowest BCUT2D eigenvalue weighted by molar-refractivity contribution is 0.409. The Morgan fingerprint density at radius 2 is 1.29 bits per heavy atom. The molecule has 4 fully saturated rings. The van der Waals surface area contributed by atoms with Gasteiger partial charge in [-0.25, -0.2) is 0 Å². The maximum atomic E-state index is 2.60. The zero-order valence-electron chi connectivity index (χ0n) is 4.30. The molecule has 0 unspecified atom stereocenters. The van der Waals surface area contributed by atoms with E-state index in [1.807, 2.05) is 0 Å². The Kier molecular flexibility index (Phi) is 0.288. The van der Waals surface area contributed by atoms with Crippen molar-refractivity contribution < 1.29 is 0 Å². The van der Waals surface area contributed by atoms with Gasteiger partial charge >= 0.3 is 0 Å². The van der Waals surface area contributed by atoms with E-state index in [1.54, 1.807) is 0 Å². The van der Waals surface area contributed by atoms with E-state index in [0.29, 0.717) is 0 Å². The van der Waals surface area contributed by atoms with Crippen molar-refractivity contribution in [3.63, 3.8) is 0 Å². The summed E-state index contributed by atoms with van der Waals surface area (Å²) in [6.07, 6.45) is 0. The fourth-order valence-corrected chi connectivity index (χ4v) is 2.45. The van der Waals surface area contributed by atoms with E-state index in [1.165, 1.54) is 37.4 Å². The van der Waals surface area contributed by atoms with Gasteiger partial charge in [-0.15, -0.1) is 0 Å². The number of hydrogen-bond donors (Lipinski definition) is 0. The first-order valence-electron chi connectivity index (χ1n) is 3.17. The molecule has 1 aliphatic carbocycles. The maximum Gasteiger partial charge on any atom is 0.00164 e. The number of piperidine rings is 3. The lowest BCUT2D eigenvalue weighted by Gasteiger charge is -2.01. The van der Waals surface area contributed by atoms with Crippen LogP contribution in [0.1, 0.15) is 0 Å². The lowest BCUT2D eigenvalue weighted by atomic mass is 10.4. The van der Waals surface area contributed by atoms with Crippen LogP contribution in [0.2, 0.25) is 0 Å². The van der Waals surface area contributed by atoms with Gasteiger partial charge in [-0.1, -0.05) is 0 Å². The largest absolute Gasteiger partial charge is 0.302 e. The third-order valence-electron chi connectivity index (χ3n) is 2.92. The molecule has 0 atom stereocenters. The van der Waals surface area contributed by atoms with Crippen molar-refractivity contribution in [3.05, 3.63) is 0 Å². The Bertz CT molecular complexity index is 91.6. The molecule has 1 nitrogen and oxygen atoms in total. The molecule has 1 heteroatoms. The Morgan fingerprint density at radius 1 is 0.857 bits per heavy atom. The van der Waals surface area contributed by atoms with E-state index >= 15 is 0 Å². The summed E-state index contributed by atoms with van der Waals surface area (Å²) in [6, 6.07) is 0. The van der Waals surface area contributed by atoms with Gasteiger partial charge in [0, 0.05) is 19.6 Å². The molecule has 7 heavy (non-hydrogen) atoms. The van der Waals surface area contributed by atoms with Crippen LogP contribution in [-0.4, -0.2) is 24.5 Å². The van der Waals surface area contributed by atoms with Crippen molar-refractivity contribution in [1.82, 2.24) is 4.90 Å². The second-order valence-corrected chi connectivity index (χ2v) is 3.21. The first-order valence-corrected chi connectivity index (χ1v) is 3.17. The van der Waals surface area contributed by atoms with E-state index in [-0.39, 0.29) is 0 Å². The van der Waals surface area contributed by atoms with Crippen LogP contribution in [0.25, 0.3) is 0 Å². The molecule has 0 aromatic carbocycles. The Labute approximate surface area is 43.3 Å². The molecule has 3 aliphatic heterocycles. The number of rotatable bonds is 0. The molecule has 4 aliphatic rings. The smallest absolute Gasteiger partial charge is 0.00164 e. The van der Waals surface area contributed by atoms with Crippen molar-refractivity contribution in [1.29, 1.82) is 0 Å². The number of hydrogen-bond acceptors (Lipinski definition) is 1. The van der Waals surface area contributed by atoms with Gasteiger partial charge in [0.2, 0.25) is 0 Å². The Hall–Kier alpha value is -0.0400. The van der Waals surface area contributed by atoms with E-state index in [9.17, 15) is 0 Å². The highest BCUT2D eigenvalue weighted by molar-refractivity contribution is 5.12. The summed E-state index contributed by atoms with van der Waals surface area (Å²) in [5.41, 5.74) is 0. The molecule has 0 N–H and O–H groups in total. The topological polar surface area (TPSA) is 3.24 Å². The molecule has 3 saturated heterocycles. The van der Waals surface area contributed by atoms with Gasteiger partial charge in [0.1, 0.15) is 0 Å². The summed E-state index contributed by atoms with van der Waals surface area (Å²) in [6.45, 7) is 4.36. The average Bonchev–Trinajstić information content (AvgIpc) is 2.10. The van der Waals surface area contributed by atoms with Crippen molar-refractivity contribution in [2.75, 3.05) is 19.6 Å². The quantitative estimate of drug-likeness (QED) is 0.415. The molecule has 0 radical (unpaired) electrons. The highest BCUT2D eigenvalue weighted by atomic mass is 15.2. The minimum atomic E-state index is 1.18. The average molecular weight is 95.1 g/mol. The standard InChI is InChI=1S/C6H9N/c1-4-5-2-7(1)3-6(4)5/h4-6H,1-3H2. The molecular formula is C6H9N. The van der Waals surface area contributed by atoms with Gasteiger partial charge in [-0.05, 0) is 17.8 Å². The third-order valence-corrected chi connectivity index (χ3v) is 2.92. The predicted octanol–water partition coefficient (Wildman–Crippen LogP) is 0.178. The highest BCUT2D eigenvalue weighted by Gasteiger charge is 2.62. The minimum absolute atomic E-state index is 1.18. The van der Waals surface area contributed by atoms with Gasteiger partial charge in [0.15, 0.2) is 0 Å². The van der Waals surface area contributed by atoms with Crippen LogP contribution < -0.4 is 0 Å².